The third-order valence-electron chi connectivity index (χ3n) is 1.95. The molecule has 0 spiro atoms. The van der Waals surface area contributed by atoms with Gasteiger partial charge in [0.2, 0.25) is 5.91 Å². The van der Waals surface area contributed by atoms with Gasteiger partial charge in [-0.2, -0.15) is 0 Å². The molecular weight excluding hydrogens is 194 g/mol. The molecule has 0 aliphatic carbocycles. The van der Waals surface area contributed by atoms with Crippen LogP contribution >= 0.6 is 0 Å². The summed E-state index contributed by atoms with van der Waals surface area (Å²) in [7, 11) is 1.78. The number of hydrogen-bond acceptors (Lipinski definition) is 4. The highest BCUT2D eigenvalue weighted by molar-refractivity contribution is 5.81. The Balaban J connectivity index is 2.64. The summed E-state index contributed by atoms with van der Waals surface area (Å²) in [6.07, 6.45) is 0. The highest BCUT2D eigenvalue weighted by Crippen LogP contribution is 2.17. The number of rotatable bonds is 4. The molecule has 4 N–H and O–H groups in total. The van der Waals surface area contributed by atoms with Crippen LogP contribution in [0.1, 0.15) is 12.7 Å². The van der Waals surface area contributed by atoms with E-state index in [9.17, 15) is 4.79 Å². The lowest BCUT2D eigenvalue weighted by Crippen LogP contribution is -2.35. The topological polar surface area (TPSA) is 87.0 Å². The maximum Gasteiger partial charge on any atom is 0.239 e. The summed E-state index contributed by atoms with van der Waals surface area (Å²) in [6, 6.07) is 0. The number of likely N-dealkylation sites (N-methyl/N-ethyl adjacent to an activating group) is 2. The molecule has 0 bridgehead atoms. The number of carbonyl (C=O) groups is 1. The van der Waals surface area contributed by atoms with E-state index in [1.165, 1.54) is 0 Å². The van der Waals surface area contributed by atoms with Crippen molar-refractivity contribution in [3.63, 3.8) is 0 Å². The highest BCUT2D eigenvalue weighted by Gasteiger charge is 2.12. The van der Waals surface area contributed by atoms with Gasteiger partial charge in [-0.3, -0.25) is 4.79 Å². The van der Waals surface area contributed by atoms with Crippen LogP contribution in [0.3, 0.4) is 0 Å². The normalized spacial score (nSPS) is 10.1. The zero-order valence-corrected chi connectivity index (χ0v) is 9.29. The first-order valence-corrected chi connectivity index (χ1v) is 4.84. The second kappa shape index (κ2) is 4.68. The average molecular weight is 211 g/mol. The molecule has 1 heterocycles. The molecule has 0 aliphatic rings. The van der Waals surface area contributed by atoms with Crippen molar-refractivity contribution >= 4 is 17.5 Å². The summed E-state index contributed by atoms with van der Waals surface area (Å²) in [5, 5.41) is 2.71. The molecule has 0 saturated heterocycles. The lowest BCUT2D eigenvalue weighted by molar-refractivity contribution is -0.119. The van der Waals surface area contributed by atoms with Crippen molar-refractivity contribution in [3.8, 4) is 0 Å². The molecule has 0 aromatic carbocycles. The predicted octanol–water partition coefficient (Wildman–Crippen LogP) is -0.127. The monoisotopic (exact) mass is 211 g/mol. The molecule has 0 atom stereocenters. The third-order valence-corrected chi connectivity index (χ3v) is 1.95. The number of nitrogens with zero attached hydrogens (tertiary/aromatic N) is 2. The van der Waals surface area contributed by atoms with Crippen molar-refractivity contribution in [2.24, 2.45) is 0 Å². The quantitative estimate of drug-likeness (QED) is 0.647. The molecule has 84 valence electrons. The van der Waals surface area contributed by atoms with Crippen LogP contribution in [0.5, 0.6) is 0 Å². The fourth-order valence-corrected chi connectivity index (χ4v) is 1.33. The molecule has 1 aromatic heterocycles. The molecule has 1 rings (SSSR count). The van der Waals surface area contributed by atoms with Gasteiger partial charge in [0.25, 0.3) is 0 Å². The Morgan fingerprint density at radius 1 is 1.67 bits per heavy atom. The van der Waals surface area contributed by atoms with Crippen LogP contribution in [0.25, 0.3) is 0 Å². The molecule has 0 aliphatic heterocycles. The van der Waals surface area contributed by atoms with E-state index in [0.717, 1.165) is 5.82 Å². The molecule has 6 nitrogen and oxygen atoms in total. The van der Waals surface area contributed by atoms with Gasteiger partial charge in [-0.05, 0) is 13.8 Å². The van der Waals surface area contributed by atoms with E-state index in [1.807, 2.05) is 13.8 Å². The zero-order chi connectivity index (χ0) is 11.4. The molecule has 0 saturated carbocycles. The Bertz CT molecular complexity index is 346. The van der Waals surface area contributed by atoms with E-state index < -0.39 is 0 Å². The van der Waals surface area contributed by atoms with Crippen molar-refractivity contribution in [1.82, 2.24) is 15.3 Å². The van der Waals surface area contributed by atoms with E-state index in [-0.39, 0.29) is 12.5 Å². The number of amides is 1. The molecule has 0 fully saturated rings. The Morgan fingerprint density at radius 3 is 2.80 bits per heavy atom. The van der Waals surface area contributed by atoms with Gasteiger partial charge in [0, 0.05) is 13.6 Å². The van der Waals surface area contributed by atoms with Crippen molar-refractivity contribution < 1.29 is 4.79 Å². The Morgan fingerprint density at radius 2 is 2.33 bits per heavy atom. The maximum absolute atomic E-state index is 11.3. The average Bonchev–Trinajstić information content (AvgIpc) is 2.45. The third kappa shape index (κ3) is 2.87. The Labute approximate surface area is 88.9 Å². The number of anilines is 2. The number of hydrogen-bond donors (Lipinski definition) is 3. The molecule has 1 amide bonds. The number of nitrogens with two attached hydrogens (primary N) is 1. The number of H-pyrrole nitrogens is 1. The predicted molar refractivity (Wildman–Crippen MR) is 59.7 cm³/mol. The van der Waals surface area contributed by atoms with Gasteiger partial charge in [0.1, 0.15) is 11.6 Å². The largest absolute Gasteiger partial charge is 0.382 e. The van der Waals surface area contributed by atoms with Gasteiger partial charge >= 0.3 is 0 Å². The number of carbonyl (C=O) groups excluding carboxylic acids is 1. The van der Waals surface area contributed by atoms with Crippen LogP contribution < -0.4 is 16.0 Å². The molecule has 1 aromatic rings. The number of nitrogens with one attached hydrogen (secondary N) is 2. The van der Waals surface area contributed by atoms with Gasteiger partial charge in [-0.1, -0.05) is 0 Å². The van der Waals surface area contributed by atoms with Gasteiger partial charge in [0.05, 0.1) is 6.54 Å². The summed E-state index contributed by atoms with van der Waals surface area (Å²) >= 11 is 0. The first-order chi connectivity index (χ1) is 7.04. The first kappa shape index (κ1) is 11.4. The van der Waals surface area contributed by atoms with Crippen LogP contribution in [-0.4, -0.2) is 36.0 Å². The summed E-state index contributed by atoms with van der Waals surface area (Å²) in [6.45, 7) is 4.58. The second-order valence-electron chi connectivity index (χ2n) is 3.37. The number of aromatic nitrogens is 2. The van der Waals surface area contributed by atoms with E-state index >= 15 is 0 Å². The smallest absolute Gasteiger partial charge is 0.239 e. The van der Waals surface area contributed by atoms with E-state index in [1.54, 1.807) is 11.9 Å². The Hall–Kier alpha value is -1.72. The fraction of sp³-hybridized carbons (Fsp3) is 0.556. The lowest BCUT2D eigenvalue weighted by Gasteiger charge is -2.15. The number of nitrogen functional groups attached to an aromatic ring is 1. The van der Waals surface area contributed by atoms with Crippen LogP contribution in [0, 0.1) is 6.92 Å². The molecule has 6 heteroatoms. The van der Waals surface area contributed by atoms with Crippen LogP contribution in [0.2, 0.25) is 0 Å². The standard InChI is InChI=1S/C9H17N5O/c1-4-11-7(15)5-14(3)9-8(10)12-6(2)13-9/h4-5,10H2,1-3H3,(H,11,15)(H,12,13). The maximum atomic E-state index is 11.3. The summed E-state index contributed by atoms with van der Waals surface area (Å²) in [5.74, 6) is 1.79. The highest BCUT2D eigenvalue weighted by atomic mass is 16.2. The number of aryl methyl sites for hydroxylation is 1. The van der Waals surface area contributed by atoms with E-state index in [2.05, 4.69) is 15.3 Å². The first-order valence-electron chi connectivity index (χ1n) is 4.84. The van der Waals surface area contributed by atoms with Crippen LogP contribution in [0.15, 0.2) is 0 Å². The van der Waals surface area contributed by atoms with Crippen molar-refractivity contribution in [2.45, 2.75) is 13.8 Å². The molecule has 15 heavy (non-hydrogen) atoms. The van der Waals surface area contributed by atoms with Gasteiger partial charge < -0.3 is 20.9 Å². The minimum atomic E-state index is -0.0416. The zero-order valence-electron chi connectivity index (χ0n) is 9.29. The van der Waals surface area contributed by atoms with Gasteiger partial charge in [0.15, 0.2) is 5.82 Å². The summed E-state index contributed by atoms with van der Waals surface area (Å²) in [5.41, 5.74) is 5.70. The van der Waals surface area contributed by atoms with Crippen molar-refractivity contribution in [2.75, 3.05) is 30.8 Å². The number of aromatic amines is 1. The number of imidazole rings is 1. The van der Waals surface area contributed by atoms with Crippen molar-refractivity contribution in [3.05, 3.63) is 5.82 Å². The van der Waals surface area contributed by atoms with Crippen LogP contribution in [0.4, 0.5) is 11.6 Å². The van der Waals surface area contributed by atoms with Crippen molar-refractivity contribution in [1.29, 1.82) is 0 Å². The second-order valence-corrected chi connectivity index (χ2v) is 3.37. The fourth-order valence-electron chi connectivity index (χ4n) is 1.33. The molecular formula is C9H17N5O. The summed E-state index contributed by atoms with van der Waals surface area (Å²) < 4.78 is 0. The van der Waals surface area contributed by atoms with Gasteiger partial charge in [-0.15, -0.1) is 0 Å². The minimum Gasteiger partial charge on any atom is -0.382 e. The van der Waals surface area contributed by atoms with Gasteiger partial charge in [-0.25, -0.2) is 4.98 Å². The molecule has 0 unspecified atom stereocenters. The Kier molecular flexibility index (Phi) is 3.54. The SMILES string of the molecule is CCNC(=O)CN(C)c1nc(C)[nH]c1N. The van der Waals surface area contributed by atoms with Crippen LogP contribution in [-0.2, 0) is 4.79 Å². The van der Waals surface area contributed by atoms with E-state index in [0.29, 0.717) is 18.2 Å². The molecule has 0 radical (unpaired) electrons. The lowest BCUT2D eigenvalue weighted by atomic mass is 10.5. The van der Waals surface area contributed by atoms with E-state index in [4.69, 9.17) is 5.73 Å². The minimum absolute atomic E-state index is 0.0416. The summed E-state index contributed by atoms with van der Waals surface area (Å²) in [4.78, 5) is 20.1.